The van der Waals surface area contributed by atoms with Gasteiger partial charge in [0, 0.05) is 23.6 Å². The van der Waals surface area contributed by atoms with E-state index in [1.165, 1.54) is 20.3 Å². The Morgan fingerprint density at radius 1 is 1.11 bits per heavy atom. The van der Waals surface area contributed by atoms with Gasteiger partial charge in [0.15, 0.2) is 11.5 Å². The Morgan fingerprint density at radius 2 is 1.86 bits per heavy atom. The Balaban J connectivity index is 2.07. The molecule has 0 fully saturated rings. The molecule has 0 saturated heterocycles. The number of rotatable bonds is 7. The van der Waals surface area contributed by atoms with Crippen LogP contribution in [0, 0.1) is 0 Å². The van der Waals surface area contributed by atoms with Crippen molar-refractivity contribution in [1.29, 1.82) is 0 Å². The van der Waals surface area contributed by atoms with Crippen LogP contribution in [0.5, 0.6) is 11.5 Å². The lowest BCUT2D eigenvalue weighted by Crippen LogP contribution is -2.18. The van der Waals surface area contributed by atoms with Crippen molar-refractivity contribution in [1.82, 2.24) is 10.2 Å². The van der Waals surface area contributed by atoms with Gasteiger partial charge >= 0.3 is 5.97 Å². The van der Waals surface area contributed by atoms with E-state index in [9.17, 15) is 14.7 Å². The van der Waals surface area contributed by atoms with Gasteiger partial charge in [-0.25, -0.2) is 0 Å². The molecule has 0 spiro atoms. The lowest BCUT2D eigenvalue weighted by molar-refractivity contribution is -0.140. The van der Waals surface area contributed by atoms with Gasteiger partial charge in [0.25, 0.3) is 5.56 Å². The molecule has 0 bridgehead atoms. The number of hydrogen-bond acceptors (Lipinski definition) is 5. The van der Waals surface area contributed by atoms with Gasteiger partial charge in [-0.3, -0.25) is 14.7 Å². The highest BCUT2D eigenvalue weighted by molar-refractivity contribution is 5.71. The van der Waals surface area contributed by atoms with Crippen LogP contribution in [-0.4, -0.2) is 35.5 Å². The van der Waals surface area contributed by atoms with E-state index in [-0.39, 0.29) is 23.5 Å². The number of benzene rings is 2. The van der Waals surface area contributed by atoms with Gasteiger partial charge in [-0.05, 0) is 23.3 Å². The third kappa shape index (κ3) is 4.09. The largest absolute Gasteiger partial charge is 0.504 e. The van der Waals surface area contributed by atoms with Crippen molar-refractivity contribution in [2.24, 2.45) is 0 Å². The Labute approximate surface area is 161 Å². The number of carbonyl (C=O) groups is 1. The number of hydrogen-bond donors (Lipinski definition) is 3. The first-order chi connectivity index (χ1) is 13.5. The van der Waals surface area contributed by atoms with Gasteiger partial charge in [0.05, 0.1) is 20.6 Å². The normalized spacial score (nSPS) is 11.8. The molecule has 3 rings (SSSR count). The highest BCUT2D eigenvalue weighted by atomic mass is 16.5. The fraction of sp³-hybridized carbons (Fsp3) is 0.238. The molecule has 0 aliphatic carbocycles. The van der Waals surface area contributed by atoms with E-state index in [1.54, 1.807) is 12.1 Å². The maximum Gasteiger partial charge on any atom is 0.306 e. The average Bonchev–Trinajstić information content (AvgIpc) is 3.07. The van der Waals surface area contributed by atoms with Crippen molar-refractivity contribution in [2.45, 2.75) is 18.8 Å². The third-order valence-electron chi connectivity index (χ3n) is 4.67. The van der Waals surface area contributed by atoms with Gasteiger partial charge in [-0.2, -0.15) is 0 Å². The van der Waals surface area contributed by atoms with Gasteiger partial charge in [-0.1, -0.05) is 36.4 Å². The maximum atomic E-state index is 12.6. The van der Waals surface area contributed by atoms with E-state index >= 15 is 0 Å². The van der Waals surface area contributed by atoms with Crippen LogP contribution >= 0.6 is 0 Å². The molecule has 0 aliphatic rings. The first-order valence-corrected chi connectivity index (χ1v) is 8.80. The molecule has 28 heavy (non-hydrogen) atoms. The molecule has 3 aromatic rings. The van der Waals surface area contributed by atoms with E-state index in [2.05, 4.69) is 10.2 Å². The molecule has 1 atom stereocenters. The number of carbonyl (C=O) groups excluding carboxylic acids is 1. The Kier molecular flexibility index (Phi) is 5.84. The molecule has 0 amide bonds. The minimum absolute atomic E-state index is 0.0180. The number of H-pyrrole nitrogens is 2. The minimum atomic E-state index is -0.560. The molecule has 1 aromatic heterocycles. The van der Waals surface area contributed by atoms with Crippen LogP contribution in [0.3, 0.4) is 0 Å². The number of esters is 1. The van der Waals surface area contributed by atoms with Crippen molar-refractivity contribution in [3.63, 3.8) is 0 Å². The number of phenolic OH excluding ortho intramolecular Hbond substituents is 1. The summed E-state index contributed by atoms with van der Waals surface area (Å²) in [5.74, 6) is -0.751. The van der Waals surface area contributed by atoms with Crippen LogP contribution in [0.4, 0.5) is 0 Å². The zero-order valence-electron chi connectivity index (χ0n) is 15.7. The van der Waals surface area contributed by atoms with Gasteiger partial charge in [0.1, 0.15) is 0 Å². The molecule has 0 saturated carbocycles. The lowest BCUT2D eigenvalue weighted by Gasteiger charge is -2.17. The highest BCUT2D eigenvalue weighted by Crippen LogP contribution is 2.34. The summed E-state index contributed by atoms with van der Waals surface area (Å²) in [4.78, 5) is 24.7. The summed E-state index contributed by atoms with van der Waals surface area (Å²) in [6.45, 7) is 0. The SMILES string of the molecule is COC(=O)CC(c1ccc(O)c(OC)c1)c1c(Cc2ccccc2)[nH][nH]c1=O. The van der Waals surface area contributed by atoms with Crippen molar-refractivity contribution in [3.8, 4) is 11.5 Å². The zero-order valence-corrected chi connectivity index (χ0v) is 15.7. The van der Waals surface area contributed by atoms with Crippen molar-refractivity contribution >= 4 is 5.97 Å². The molecule has 2 aromatic carbocycles. The van der Waals surface area contributed by atoms with Gasteiger partial charge in [-0.15, -0.1) is 0 Å². The predicted molar refractivity (Wildman–Crippen MR) is 104 cm³/mol. The molecule has 1 unspecified atom stereocenters. The highest BCUT2D eigenvalue weighted by Gasteiger charge is 2.26. The summed E-state index contributed by atoms with van der Waals surface area (Å²) >= 11 is 0. The summed E-state index contributed by atoms with van der Waals surface area (Å²) in [5, 5.41) is 15.4. The number of ether oxygens (including phenoxy) is 2. The monoisotopic (exact) mass is 382 g/mol. The van der Waals surface area contributed by atoms with Crippen molar-refractivity contribution in [2.75, 3.05) is 14.2 Å². The van der Waals surface area contributed by atoms with Crippen LogP contribution in [0.1, 0.15) is 34.7 Å². The van der Waals surface area contributed by atoms with Gasteiger partial charge in [0.2, 0.25) is 0 Å². The molecule has 1 heterocycles. The van der Waals surface area contributed by atoms with Crippen LogP contribution in [-0.2, 0) is 16.0 Å². The summed E-state index contributed by atoms with van der Waals surface area (Å²) < 4.78 is 10.0. The summed E-state index contributed by atoms with van der Waals surface area (Å²) in [6, 6.07) is 14.5. The number of aromatic nitrogens is 2. The molecular formula is C21H22N2O5. The lowest BCUT2D eigenvalue weighted by atomic mass is 9.87. The quantitative estimate of drug-likeness (QED) is 0.545. The minimum Gasteiger partial charge on any atom is -0.504 e. The predicted octanol–water partition coefficient (Wildman–Crippen LogP) is 2.70. The Bertz CT molecular complexity index is 1010. The van der Waals surface area contributed by atoms with Crippen LogP contribution in [0.25, 0.3) is 0 Å². The number of aromatic hydroxyl groups is 1. The van der Waals surface area contributed by atoms with Crippen molar-refractivity contribution in [3.05, 3.63) is 81.3 Å². The molecular weight excluding hydrogens is 360 g/mol. The zero-order chi connectivity index (χ0) is 20.1. The van der Waals surface area contributed by atoms with Crippen LogP contribution in [0.15, 0.2) is 53.3 Å². The molecule has 0 aliphatic heterocycles. The maximum absolute atomic E-state index is 12.6. The molecule has 0 radical (unpaired) electrons. The molecule has 7 nitrogen and oxygen atoms in total. The second-order valence-electron chi connectivity index (χ2n) is 6.40. The fourth-order valence-electron chi connectivity index (χ4n) is 3.26. The average molecular weight is 382 g/mol. The number of nitrogens with one attached hydrogen (secondary N) is 2. The first kappa shape index (κ1) is 19.3. The van der Waals surface area contributed by atoms with Crippen LogP contribution < -0.4 is 10.3 Å². The number of phenols is 1. The molecule has 7 heteroatoms. The summed E-state index contributed by atoms with van der Waals surface area (Å²) in [5.41, 5.74) is 2.55. The Morgan fingerprint density at radius 3 is 2.54 bits per heavy atom. The number of aromatic amines is 2. The van der Waals surface area contributed by atoms with E-state index in [0.29, 0.717) is 23.2 Å². The first-order valence-electron chi connectivity index (χ1n) is 8.80. The fourth-order valence-corrected chi connectivity index (χ4v) is 3.26. The summed E-state index contributed by atoms with van der Waals surface area (Å²) in [7, 11) is 2.75. The third-order valence-corrected chi connectivity index (χ3v) is 4.67. The second kappa shape index (κ2) is 8.47. The number of methoxy groups -OCH3 is 2. The van der Waals surface area contributed by atoms with Gasteiger partial charge < -0.3 is 19.7 Å². The van der Waals surface area contributed by atoms with E-state index < -0.39 is 11.9 Å². The van der Waals surface area contributed by atoms with E-state index in [0.717, 1.165) is 5.56 Å². The summed E-state index contributed by atoms with van der Waals surface area (Å²) in [6.07, 6.45) is 0.481. The van der Waals surface area contributed by atoms with E-state index in [4.69, 9.17) is 9.47 Å². The standard InChI is InChI=1S/C21H22N2O5/c1-27-18-11-14(8-9-17(18)24)15(12-19(25)28-2)20-16(22-23-21(20)26)10-13-6-4-3-5-7-13/h3-9,11,15,24H,10,12H2,1-2H3,(H2,22,23,26). The molecule has 146 valence electrons. The van der Waals surface area contributed by atoms with Crippen LogP contribution in [0.2, 0.25) is 0 Å². The van der Waals surface area contributed by atoms with E-state index in [1.807, 2.05) is 30.3 Å². The Hall–Kier alpha value is -3.48. The van der Waals surface area contributed by atoms with Crippen molar-refractivity contribution < 1.29 is 19.4 Å². The smallest absolute Gasteiger partial charge is 0.306 e. The topological polar surface area (TPSA) is 104 Å². The molecule has 3 N–H and O–H groups in total. The second-order valence-corrected chi connectivity index (χ2v) is 6.40.